The van der Waals surface area contributed by atoms with Crippen LogP contribution in [0.3, 0.4) is 0 Å². The van der Waals surface area contributed by atoms with Crippen molar-refractivity contribution < 1.29 is 19.1 Å². The fourth-order valence-electron chi connectivity index (χ4n) is 2.57. The molecule has 0 saturated heterocycles. The van der Waals surface area contributed by atoms with Crippen molar-refractivity contribution in [1.82, 2.24) is 0 Å². The van der Waals surface area contributed by atoms with Crippen molar-refractivity contribution in [1.29, 1.82) is 0 Å². The summed E-state index contributed by atoms with van der Waals surface area (Å²) in [4.78, 5) is 23.5. The second-order valence-corrected chi connectivity index (χ2v) is 6.70. The molecule has 0 saturated carbocycles. The predicted molar refractivity (Wildman–Crippen MR) is 104 cm³/mol. The number of unbranched alkanes of at least 4 members (excludes halogenated alkanes) is 2. The minimum atomic E-state index is -0.292. The Balaban J connectivity index is 0. The van der Waals surface area contributed by atoms with Gasteiger partial charge in [0.15, 0.2) is 0 Å². The molecule has 25 heavy (non-hydrogen) atoms. The van der Waals surface area contributed by atoms with Gasteiger partial charge >= 0.3 is 11.9 Å². The van der Waals surface area contributed by atoms with Crippen molar-refractivity contribution in [3.63, 3.8) is 0 Å². The van der Waals surface area contributed by atoms with Gasteiger partial charge in [0, 0.05) is 23.1 Å². The molecule has 0 amide bonds. The Morgan fingerprint density at radius 3 is 1.36 bits per heavy atom. The highest BCUT2D eigenvalue weighted by atomic mass is 24.3. The fraction of sp³-hybridized carbons (Fsp3) is 0.900. The van der Waals surface area contributed by atoms with Crippen LogP contribution < -0.4 is 0 Å². The summed E-state index contributed by atoms with van der Waals surface area (Å²) in [5, 5.41) is 0. The van der Waals surface area contributed by atoms with Crippen molar-refractivity contribution >= 4 is 35.0 Å². The molecule has 0 fully saturated rings. The third-order valence-electron chi connectivity index (χ3n) is 4.58. The Labute approximate surface area is 170 Å². The number of carbonyl (C=O) groups is 2. The minimum absolute atomic E-state index is 0. The highest BCUT2D eigenvalue weighted by molar-refractivity contribution is 5.77. The molecule has 2 unspecified atom stereocenters. The van der Waals surface area contributed by atoms with E-state index in [-0.39, 0.29) is 47.8 Å². The van der Waals surface area contributed by atoms with Crippen LogP contribution >= 0.6 is 0 Å². The van der Waals surface area contributed by atoms with Gasteiger partial charge < -0.3 is 9.47 Å². The van der Waals surface area contributed by atoms with Crippen LogP contribution in [0.15, 0.2) is 0 Å². The van der Waals surface area contributed by atoms with E-state index < -0.39 is 0 Å². The maximum absolute atomic E-state index is 11.7. The molecule has 4 nitrogen and oxygen atoms in total. The first-order chi connectivity index (χ1) is 11.6. The maximum Gasteiger partial charge on any atom is 0.306 e. The lowest BCUT2D eigenvalue weighted by atomic mass is 10.0. The van der Waals surface area contributed by atoms with Gasteiger partial charge in [0.25, 0.3) is 0 Å². The van der Waals surface area contributed by atoms with Crippen LogP contribution in [0.5, 0.6) is 0 Å². The molecule has 2 radical (unpaired) electrons. The highest BCUT2D eigenvalue weighted by Gasteiger charge is 2.14. The highest BCUT2D eigenvalue weighted by Crippen LogP contribution is 2.14. The SMILES string of the molecule is CCCCC(CC)COC(=O)CCC(=O)OCC(CC)CCCC.[Mg]. The van der Waals surface area contributed by atoms with Crippen LogP contribution in [0, 0.1) is 11.8 Å². The second-order valence-electron chi connectivity index (χ2n) is 6.70. The van der Waals surface area contributed by atoms with Crippen LogP contribution in [0.4, 0.5) is 0 Å². The molecule has 0 bridgehead atoms. The van der Waals surface area contributed by atoms with E-state index >= 15 is 0 Å². The molecule has 0 rings (SSSR count). The van der Waals surface area contributed by atoms with E-state index in [9.17, 15) is 9.59 Å². The number of hydrogen-bond donors (Lipinski definition) is 0. The zero-order valence-corrected chi connectivity index (χ0v) is 18.4. The molecule has 0 aromatic rings. The van der Waals surface area contributed by atoms with Gasteiger partial charge in [-0.2, -0.15) is 0 Å². The molecule has 0 aliphatic carbocycles. The number of carbonyl (C=O) groups excluding carboxylic acids is 2. The summed E-state index contributed by atoms with van der Waals surface area (Å²) in [5.41, 5.74) is 0. The number of ether oxygens (including phenoxy) is 2. The monoisotopic (exact) mass is 366 g/mol. The van der Waals surface area contributed by atoms with Crippen LogP contribution in [0.2, 0.25) is 0 Å². The van der Waals surface area contributed by atoms with Crippen molar-refractivity contribution in [2.45, 2.75) is 91.9 Å². The van der Waals surface area contributed by atoms with E-state index in [4.69, 9.17) is 9.47 Å². The summed E-state index contributed by atoms with van der Waals surface area (Å²) in [6.45, 7) is 9.51. The van der Waals surface area contributed by atoms with Gasteiger partial charge in [-0.05, 0) is 24.7 Å². The standard InChI is InChI=1S/C20H38O4.Mg/c1-5-9-11-17(7-3)15-23-19(21)13-14-20(22)24-16-18(8-4)12-10-6-2;/h17-18H,5-16H2,1-4H3;. The lowest BCUT2D eigenvalue weighted by Crippen LogP contribution is -2.17. The van der Waals surface area contributed by atoms with Gasteiger partial charge in [0.2, 0.25) is 0 Å². The Morgan fingerprint density at radius 1 is 0.720 bits per heavy atom. The van der Waals surface area contributed by atoms with E-state index in [1.165, 1.54) is 12.8 Å². The lowest BCUT2D eigenvalue weighted by molar-refractivity contribution is -0.151. The smallest absolute Gasteiger partial charge is 0.306 e. The molecule has 0 aliphatic heterocycles. The van der Waals surface area contributed by atoms with Gasteiger partial charge in [0.1, 0.15) is 0 Å². The normalized spacial score (nSPS) is 12.8. The zero-order valence-electron chi connectivity index (χ0n) is 17.0. The van der Waals surface area contributed by atoms with Crippen LogP contribution in [0.1, 0.15) is 91.9 Å². The molecule has 0 aromatic carbocycles. The average molecular weight is 367 g/mol. The molecule has 0 heterocycles. The minimum Gasteiger partial charge on any atom is -0.465 e. The van der Waals surface area contributed by atoms with Crippen LogP contribution in [-0.2, 0) is 19.1 Å². The second kappa shape index (κ2) is 18.5. The lowest BCUT2D eigenvalue weighted by Gasteiger charge is -2.15. The van der Waals surface area contributed by atoms with Crippen molar-refractivity contribution in [2.24, 2.45) is 11.8 Å². The Morgan fingerprint density at radius 2 is 1.08 bits per heavy atom. The molecule has 5 heteroatoms. The molecule has 0 aromatic heterocycles. The zero-order chi connectivity index (χ0) is 18.2. The van der Waals surface area contributed by atoms with Crippen LogP contribution in [0.25, 0.3) is 0 Å². The maximum atomic E-state index is 11.7. The van der Waals surface area contributed by atoms with Gasteiger partial charge in [-0.3, -0.25) is 9.59 Å². The number of hydrogen-bond acceptors (Lipinski definition) is 4. The van der Waals surface area contributed by atoms with Gasteiger partial charge in [-0.15, -0.1) is 0 Å². The summed E-state index contributed by atoms with van der Waals surface area (Å²) in [5.74, 6) is 0.286. The Kier molecular flexibility index (Phi) is 19.9. The summed E-state index contributed by atoms with van der Waals surface area (Å²) in [6.07, 6.45) is 9.12. The molecule has 0 spiro atoms. The van der Waals surface area contributed by atoms with E-state index in [1.807, 2.05) is 0 Å². The van der Waals surface area contributed by atoms with E-state index in [1.54, 1.807) is 0 Å². The molecular formula is C20H38MgO4. The molecule has 2 atom stereocenters. The molecular weight excluding hydrogens is 329 g/mol. The topological polar surface area (TPSA) is 52.6 Å². The van der Waals surface area contributed by atoms with Gasteiger partial charge in [-0.1, -0.05) is 66.2 Å². The fourth-order valence-corrected chi connectivity index (χ4v) is 2.57. The van der Waals surface area contributed by atoms with Crippen molar-refractivity contribution in [3.8, 4) is 0 Å². The number of rotatable bonds is 15. The Hall–Kier alpha value is -0.294. The summed E-state index contributed by atoms with van der Waals surface area (Å²) in [6, 6.07) is 0. The Bertz CT molecular complexity index is 302. The molecule has 144 valence electrons. The van der Waals surface area contributed by atoms with E-state index in [2.05, 4.69) is 27.7 Å². The first-order valence-corrected chi connectivity index (χ1v) is 9.88. The largest absolute Gasteiger partial charge is 0.465 e. The third kappa shape index (κ3) is 15.7. The quantitative estimate of drug-likeness (QED) is 0.305. The van der Waals surface area contributed by atoms with E-state index in [0.717, 1.165) is 38.5 Å². The predicted octanol–water partition coefficient (Wildman–Crippen LogP) is 4.91. The van der Waals surface area contributed by atoms with Crippen molar-refractivity contribution in [3.05, 3.63) is 0 Å². The van der Waals surface area contributed by atoms with Crippen molar-refractivity contribution in [2.75, 3.05) is 13.2 Å². The van der Waals surface area contributed by atoms with Gasteiger partial charge in [-0.25, -0.2) is 0 Å². The summed E-state index contributed by atoms with van der Waals surface area (Å²) < 4.78 is 10.6. The van der Waals surface area contributed by atoms with E-state index in [0.29, 0.717) is 25.0 Å². The molecule has 0 N–H and O–H groups in total. The summed E-state index contributed by atoms with van der Waals surface area (Å²) in [7, 11) is 0. The van der Waals surface area contributed by atoms with Crippen LogP contribution in [-0.4, -0.2) is 48.2 Å². The third-order valence-corrected chi connectivity index (χ3v) is 4.58. The average Bonchev–Trinajstić information content (AvgIpc) is 2.60. The first kappa shape index (κ1) is 26.9. The first-order valence-electron chi connectivity index (χ1n) is 9.88. The number of esters is 2. The summed E-state index contributed by atoms with van der Waals surface area (Å²) >= 11 is 0. The molecule has 0 aliphatic rings. The van der Waals surface area contributed by atoms with Gasteiger partial charge in [0.05, 0.1) is 26.1 Å².